The van der Waals surface area contributed by atoms with Crippen LogP contribution >= 0.6 is 11.3 Å². The van der Waals surface area contributed by atoms with Gasteiger partial charge >= 0.3 is 0 Å². The number of piperidine rings is 1. The predicted molar refractivity (Wildman–Crippen MR) is 87.5 cm³/mol. The third-order valence-electron chi connectivity index (χ3n) is 5.21. The number of rotatable bonds is 4. The van der Waals surface area contributed by atoms with Crippen LogP contribution < -0.4 is 0 Å². The van der Waals surface area contributed by atoms with Crippen LogP contribution in [0.4, 0.5) is 0 Å². The molecule has 3 atom stereocenters. The van der Waals surface area contributed by atoms with Crippen molar-refractivity contribution < 1.29 is 5.11 Å². The molecular formula is C17H28N2OS. The average Bonchev–Trinajstić information content (AvgIpc) is 2.96. The van der Waals surface area contributed by atoms with Crippen molar-refractivity contribution in [3.63, 3.8) is 0 Å². The number of hydrogen-bond acceptors (Lipinski definition) is 4. The second kappa shape index (κ2) is 7.21. The molecule has 0 radical (unpaired) electrons. The first kappa shape index (κ1) is 15.4. The van der Waals surface area contributed by atoms with Gasteiger partial charge in [-0.05, 0) is 38.6 Å². The summed E-state index contributed by atoms with van der Waals surface area (Å²) < 4.78 is 0. The molecule has 118 valence electrons. The van der Waals surface area contributed by atoms with E-state index in [1.54, 1.807) is 11.3 Å². The second-order valence-corrected chi connectivity index (χ2v) is 7.58. The van der Waals surface area contributed by atoms with Gasteiger partial charge < -0.3 is 5.11 Å². The van der Waals surface area contributed by atoms with E-state index in [1.807, 2.05) is 0 Å². The molecule has 2 heterocycles. The van der Waals surface area contributed by atoms with Gasteiger partial charge in [-0.25, -0.2) is 4.98 Å². The minimum atomic E-state index is -0.0778. The fraction of sp³-hybridized carbons (Fsp3) is 0.824. The Hall–Kier alpha value is -0.450. The quantitative estimate of drug-likeness (QED) is 0.923. The van der Waals surface area contributed by atoms with Gasteiger partial charge in [0.25, 0.3) is 0 Å². The molecule has 0 spiro atoms. The highest BCUT2D eigenvalue weighted by molar-refractivity contribution is 7.09. The van der Waals surface area contributed by atoms with E-state index >= 15 is 0 Å². The highest BCUT2D eigenvalue weighted by Gasteiger charge is 2.35. The fourth-order valence-electron chi connectivity index (χ4n) is 4.08. The van der Waals surface area contributed by atoms with Crippen molar-refractivity contribution in [3.05, 3.63) is 16.1 Å². The first-order valence-electron chi connectivity index (χ1n) is 8.63. The summed E-state index contributed by atoms with van der Waals surface area (Å²) in [5, 5.41) is 13.9. The van der Waals surface area contributed by atoms with Crippen molar-refractivity contribution in [2.24, 2.45) is 5.92 Å². The van der Waals surface area contributed by atoms with E-state index in [0.29, 0.717) is 12.0 Å². The zero-order valence-electron chi connectivity index (χ0n) is 13.1. The molecule has 2 aliphatic rings. The topological polar surface area (TPSA) is 36.4 Å². The molecule has 1 aromatic heterocycles. The molecule has 21 heavy (non-hydrogen) atoms. The molecule has 1 aliphatic carbocycles. The summed E-state index contributed by atoms with van der Waals surface area (Å²) in [6.45, 7) is 4.32. The summed E-state index contributed by atoms with van der Waals surface area (Å²) in [5.41, 5.74) is 1.23. The maximum Gasteiger partial charge on any atom is 0.0926 e. The van der Waals surface area contributed by atoms with E-state index < -0.39 is 0 Å². The molecule has 1 saturated carbocycles. The standard InChI is InChI=1S/C17H28N2OS/c1-2-17-18-13(12-21-17)11-19-10-6-5-8-15(19)14-7-3-4-9-16(14)20/h12,14-16,20H,2-11H2,1H3. The van der Waals surface area contributed by atoms with Crippen molar-refractivity contribution in [1.29, 1.82) is 0 Å². The highest BCUT2D eigenvalue weighted by Crippen LogP contribution is 2.34. The number of hydrogen-bond donors (Lipinski definition) is 1. The molecule has 4 heteroatoms. The molecule has 0 amide bonds. The average molecular weight is 308 g/mol. The molecule has 1 N–H and O–H groups in total. The van der Waals surface area contributed by atoms with Crippen LogP contribution in [0.25, 0.3) is 0 Å². The number of nitrogens with zero attached hydrogens (tertiary/aromatic N) is 2. The van der Waals surface area contributed by atoms with Crippen molar-refractivity contribution in [2.45, 2.75) is 77.0 Å². The lowest BCUT2D eigenvalue weighted by Gasteiger charge is -2.43. The Balaban J connectivity index is 1.68. The Labute approximate surface area is 132 Å². The summed E-state index contributed by atoms with van der Waals surface area (Å²) in [6, 6.07) is 0.570. The zero-order chi connectivity index (χ0) is 14.7. The Bertz CT molecular complexity index is 448. The van der Waals surface area contributed by atoms with Gasteiger partial charge in [0.2, 0.25) is 0 Å². The van der Waals surface area contributed by atoms with Gasteiger partial charge in [-0.2, -0.15) is 0 Å². The van der Waals surface area contributed by atoms with Crippen LogP contribution in [-0.2, 0) is 13.0 Å². The number of aryl methyl sites for hydroxylation is 1. The monoisotopic (exact) mass is 308 g/mol. The lowest BCUT2D eigenvalue weighted by atomic mass is 9.78. The molecule has 2 fully saturated rings. The summed E-state index contributed by atoms with van der Waals surface area (Å²) in [7, 11) is 0. The first-order chi connectivity index (χ1) is 10.3. The van der Waals surface area contributed by atoms with Gasteiger partial charge in [-0.3, -0.25) is 4.90 Å². The van der Waals surface area contributed by atoms with E-state index in [2.05, 4.69) is 17.2 Å². The lowest BCUT2D eigenvalue weighted by Crippen LogP contribution is -2.48. The van der Waals surface area contributed by atoms with Crippen LogP contribution in [0.2, 0.25) is 0 Å². The Morgan fingerprint density at radius 3 is 2.81 bits per heavy atom. The third-order valence-corrected chi connectivity index (χ3v) is 6.25. The number of aromatic nitrogens is 1. The van der Waals surface area contributed by atoms with Gasteiger partial charge in [-0.1, -0.05) is 26.2 Å². The summed E-state index contributed by atoms with van der Waals surface area (Å²) >= 11 is 1.79. The van der Waals surface area contributed by atoms with E-state index in [1.165, 1.54) is 55.8 Å². The molecule has 3 nitrogen and oxygen atoms in total. The van der Waals surface area contributed by atoms with Crippen LogP contribution in [-0.4, -0.2) is 33.7 Å². The number of likely N-dealkylation sites (tertiary alicyclic amines) is 1. The van der Waals surface area contributed by atoms with Crippen LogP contribution in [0, 0.1) is 5.92 Å². The van der Waals surface area contributed by atoms with Crippen molar-refractivity contribution in [1.82, 2.24) is 9.88 Å². The van der Waals surface area contributed by atoms with E-state index in [-0.39, 0.29) is 6.10 Å². The minimum Gasteiger partial charge on any atom is -0.393 e. The van der Waals surface area contributed by atoms with Gasteiger partial charge in [0, 0.05) is 23.9 Å². The van der Waals surface area contributed by atoms with Crippen LogP contribution in [0.5, 0.6) is 0 Å². The zero-order valence-corrected chi connectivity index (χ0v) is 13.9. The van der Waals surface area contributed by atoms with Crippen molar-refractivity contribution in [2.75, 3.05) is 6.54 Å². The van der Waals surface area contributed by atoms with Gasteiger partial charge in [0.05, 0.1) is 16.8 Å². The van der Waals surface area contributed by atoms with Crippen LogP contribution in [0.3, 0.4) is 0 Å². The Morgan fingerprint density at radius 2 is 2.05 bits per heavy atom. The molecule has 0 aromatic carbocycles. The molecule has 0 bridgehead atoms. The SMILES string of the molecule is CCc1nc(CN2CCCCC2C2CCCCC2O)cs1. The maximum absolute atomic E-state index is 10.4. The third kappa shape index (κ3) is 3.66. The van der Waals surface area contributed by atoms with Crippen LogP contribution in [0.1, 0.15) is 62.6 Å². The molecule has 1 aromatic rings. The first-order valence-corrected chi connectivity index (χ1v) is 9.51. The smallest absolute Gasteiger partial charge is 0.0926 e. The molecular weight excluding hydrogens is 280 g/mol. The number of thiazole rings is 1. The van der Waals surface area contributed by atoms with E-state index in [9.17, 15) is 5.11 Å². The van der Waals surface area contributed by atoms with Crippen molar-refractivity contribution in [3.8, 4) is 0 Å². The number of aliphatic hydroxyl groups excluding tert-OH is 1. The largest absolute Gasteiger partial charge is 0.393 e. The predicted octanol–water partition coefficient (Wildman–Crippen LogP) is 3.61. The summed E-state index contributed by atoms with van der Waals surface area (Å²) in [4.78, 5) is 7.34. The minimum absolute atomic E-state index is 0.0778. The normalized spacial score (nSPS) is 31.4. The Morgan fingerprint density at radius 1 is 1.24 bits per heavy atom. The van der Waals surface area contributed by atoms with E-state index in [4.69, 9.17) is 4.98 Å². The molecule has 1 saturated heterocycles. The van der Waals surface area contributed by atoms with Gasteiger partial charge in [0.15, 0.2) is 0 Å². The molecule has 3 unspecified atom stereocenters. The maximum atomic E-state index is 10.4. The summed E-state index contributed by atoms with van der Waals surface area (Å²) in [6.07, 6.45) is 9.55. The Kier molecular flexibility index (Phi) is 5.30. The molecule has 1 aliphatic heterocycles. The fourth-order valence-corrected chi connectivity index (χ4v) is 4.81. The second-order valence-electron chi connectivity index (χ2n) is 6.64. The van der Waals surface area contributed by atoms with Crippen LogP contribution in [0.15, 0.2) is 5.38 Å². The van der Waals surface area contributed by atoms with Crippen molar-refractivity contribution >= 4 is 11.3 Å². The highest BCUT2D eigenvalue weighted by atomic mass is 32.1. The summed E-state index contributed by atoms with van der Waals surface area (Å²) in [5.74, 6) is 0.489. The van der Waals surface area contributed by atoms with Gasteiger partial charge in [-0.15, -0.1) is 11.3 Å². The lowest BCUT2D eigenvalue weighted by molar-refractivity contribution is -0.00897. The molecule has 3 rings (SSSR count). The number of aliphatic hydroxyl groups is 1. The van der Waals surface area contributed by atoms with Gasteiger partial charge in [0.1, 0.15) is 0 Å². The van der Waals surface area contributed by atoms with E-state index in [0.717, 1.165) is 19.4 Å².